The molecule has 0 saturated heterocycles. The van der Waals surface area contributed by atoms with E-state index in [4.69, 9.17) is 4.74 Å². The van der Waals surface area contributed by atoms with E-state index in [1.165, 1.54) is 19.3 Å². The number of hydrazine groups is 1. The van der Waals surface area contributed by atoms with Crippen molar-refractivity contribution in [1.82, 2.24) is 10.9 Å². The van der Waals surface area contributed by atoms with Crippen LogP contribution in [-0.2, 0) is 4.79 Å². The number of unbranched alkanes of at least 4 members (excludes halogenated alkanes) is 3. The third kappa shape index (κ3) is 6.40. The number of amides is 2. The van der Waals surface area contributed by atoms with Gasteiger partial charge < -0.3 is 4.74 Å². The lowest BCUT2D eigenvalue weighted by Gasteiger charge is -2.21. The number of rotatable bonds is 8. The Hall–Kier alpha value is -2.04. The first kappa shape index (κ1) is 19.3. The zero-order chi connectivity index (χ0) is 17.9. The third-order valence-corrected chi connectivity index (χ3v) is 4.66. The molecule has 0 spiro atoms. The van der Waals surface area contributed by atoms with Gasteiger partial charge in [-0.15, -0.1) is 0 Å². The largest absolute Gasteiger partial charge is 0.493 e. The molecule has 1 fully saturated rings. The van der Waals surface area contributed by atoms with Crippen molar-refractivity contribution < 1.29 is 14.3 Å². The van der Waals surface area contributed by atoms with Crippen LogP contribution in [0.2, 0.25) is 0 Å². The van der Waals surface area contributed by atoms with Gasteiger partial charge in [0, 0.05) is 5.92 Å². The van der Waals surface area contributed by atoms with Gasteiger partial charge in [-0.05, 0) is 31.4 Å². The number of hydrogen-bond donors (Lipinski definition) is 2. The van der Waals surface area contributed by atoms with E-state index < -0.39 is 0 Å². The fourth-order valence-electron chi connectivity index (χ4n) is 3.14. The highest BCUT2D eigenvalue weighted by Crippen LogP contribution is 2.23. The molecule has 1 aliphatic rings. The van der Waals surface area contributed by atoms with Gasteiger partial charge in [0.25, 0.3) is 5.91 Å². The Morgan fingerprint density at radius 2 is 1.80 bits per heavy atom. The number of benzene rings is 1. The molecule has 1 aromatic rings. The maximum atomic E-state index is 12.4. The molecule has 138 valence electrons. The second-order valence-electron chi connectivity index (χ2n) is 6.68. The molecule has 1 saturated carbocycles. The maximum Gasteiger partial charge on any atom is 0.273 e. The van der Waals surface area contributed by atoms with Crippen molar-refractivity contribution in [2.24, 2.45) is 5.92 Å². The van der Waals surface area contributed by atoms with Gasteiger partial charge in [0.1, 0.15) is 5.75 Å². The first-order valence-electron chi connectivity index (χ1n) is 9.54. The molecule has 5 heteroatoms. The highest BCUT2D eigenvalue weighted by Gasteiger charge is 2.22. The predicted molar refractivity (Wildman–Crippen MR) is 98.3 cm³/mol. The average Bonchev–Trinajstić information content (AvgIpc) is 2.66. The highest BCUT2D eigenvalue weighted by atomic mass is 16.5. The summed E-state index contributed by atoms with van der Waals surface area (Å²) in [6, 6.07) is 7.14. The summed E-state index contributed by atoms with van der Waals surface area (Å²) >= 11 is 0. The summed E-state index contributed by atoms with van der Waals surface area (Å²) in [7, 11) is 0. The first-order chi connectivity index (χ1) is 12.2. The molecule has 2 rings (SSSR count). The molecule has 0 heterocycles. The van der Waals surface area contributed by atoms with Crippen LogP contribution in [0.3, 0.4) is 0 Å². The maximum absolute atomic E-state index is 12.4. The minimum Gasteiger partial charge on any atom is -0.493 e. The molecule has 2 N–H and O–H groups in total. The summed E-state index contributed by atoms with van der Waals surface area (Å²) in [5.74, 6) is 0.141. The Labute approximate surface area is 150 Å². The Morgan fingerprint density at radius 3 is 2.56 bits per heavy atom. The molecule has 0 aliphatic heterocycles. The lowest BCUT2D eigenvalue weighted by molar-refractivity contribution is -0.126. The van der Waals surface area contributed by atoms with Crippen molar-refractivity contribution in [3.05, 3.63) is 29.8 Å². The quantitative estimate of drug-likeness (QED) is 0.552. The van der Waals surface area contributed by atoms with Crippen LogP contribution in [0.15, 0.2) is 24.3 Å². The van der Waals surface area contributed by atoms with Gasteiger partial charge in [-0.2, -0.15) is 0 Å². The number of carbonyl (C=O) groups excluding carboxylic acids is 2. The van der Waals surface area contributed by atoms with Gasteiger partial charge in [-0.25, -0.2) is 0 Å². The van der Waals surface area contributed by atoms with E-state index in [0.717, 1.165) is 38.5 Å². The highest BCUT2D eigenvalue weighted by molar-refractivity contribution is 5.98. The molecule has 0 atom stereocenters. The Kier molecular flexibility index (Phi) is 8.29. The van der Waals surface area contributed by atoms with E-state index >= 15 is 0 Å². The topological polar surface area (TPSA) is 67.4 Å². The van der Waals surface area contributed by atoms with Crippen molar-refractivity contribution in [2.75, 3.05) is 6.61 Å². The molecule has 0 unspecified atom stereocenters. The minimum atomic E-state index is -0.340. The zero-order valence-electron chi connectivity index (χ0n) is 15.2. The van der Waals surface area contributed by atoms with Gasteiger partial charge in [0.15, 0.2) is 0 Å². The van der Waals surface area contributed by atoms with E-state index in [2.05, 4.69) is 17.8 Å². The minimum absolute atomic E-state index is 0.0131. The summed E-state index contributed by atoms with van der Waals surface area (Å²) < 4.78 is 5.75. The fraction of sp³-hybridized carbons (Fsp3) is 0.600. The number of para-hydroxylation sites is 1. The van der Waals surface area contributed by atoms with E-state index in [-0.39, 0.29) is 17.7 Å². The van der Waals surface area contributed by atoms with Crippen LogP contribution >= 0.6 is 0 Å². The van der Waals surface area contributed by atoms with E-state index in [0.29, 0.717) is 17.9 Å². The van der Waals surface area contributed by atoms with Gasteiger partial charge in [0.2, 0.25) is 5.91 Å². The number of ether oxygens (including phenoxy) is 1. The second kappa shape index (κ2) is 10.7. The summed E-state index contributed by atoms with van der Waals surface area (Å²) in [5, 5.41) is 0. The van der Waals surface area contributed by atoms with Crippen molar-refractivity contribution in [2.45, 2.75) is 64.7 Å². The van der Waals surface area contributed by atoms with Crippen LogP contribution in [0.1, 0.15) is 75.1 Å². The molecule has 1 aromatic carbocycles. The van der Waals surface area contributed by atoms with E-state index in [1.807, 2.05) is 6.07 Å². The Bertz CT molecular complexity index is 554. The molecular formula is C20H30N2O3. The first-order valence-corrected chi connectivity index (χ1v) is 9.54. The smallest absolute Gasteiger partial charge is 0.273 e. The van der Waals surface area contributed by atoms with Crippen LogP contribution in [0, 0.1) is 5.92 Å². The number of carbonyl (C=O) groups is 2. The standard InChI is InChI=1S/C20H30N2O3/c1-2-3-4-10-15-25-18-14-9-8-13-17(18)20(24)22-21-19(23)16-11-6-5-7-12-16/h8-9,13-14,16H,2-7,10-12,15H2,1H3,(H,21,23)(H,22,24). The molecule has 5 nitrogen and oxygen atoms in total. The number of hydrogen-bond acceptors (Lipinski definition) is 3. The van der Waals surface area contributed by atoms with Gasteiger partial charge in [-0.3, -0.25) is 20.4 Å². The molecule has 25 heavy (non-hydrogen) atoms. The van der Waals surface area contributed by atoms with Crippen molar-refractivity contribution in [1.29, 1.82) is 0 Å². The SMILES string of the molecule is CCCCCCOc1ccccc1C(=O)NNC(=O)C1CCCCC1. The Morgan fingerprint density at radius 1 is 1.04 bits per heavy atom. The summed E-state index contributed by atoms with van der Waals surface area (Å²) in [6.07, 6.45) is 9.64. The monoisotopic (exact) mass is 346 g/mol. The van der Waals surface area contributed by atoms with Crippen LogP contribution in [0.25, 0.3) is 0 Å². The van der Waals surface area contributed by atoms with Crippen LogP contribution in [0.4, 0.5) is 0 Å². The summed E-state index contributed by atoms with van der Waals surface area (Å²) in [4.78, 5) is 24.5. The van der Waals surface area contributed by atoms with Gasteiger partial charge in [0.05, 0.1) is 12.2 Å². The van der Waals surface area contributed by atoms with Crippen LogP contribution < -0.4 is 15.6 Å². The van der Waals surface area contributed by atoms with Crippen LogP contribution in [-0.4, -0.2) is 18.4 Å². The summed E-state index contributed by atoms with van der Waals surface area (Å²) in [5.41, 5.74) is 5.54. The predicted octanol–water partition coefficient (Wildman–Crippen LogP) is 3.99. The van der Waals surface area contributed by atoms with Gasteiger partial charge >= 0.3 is 0 Å². The lowest BCUT2D eigenvalue weighted by Crippen LogP contribution is -2.45. The summed E-state index contributed by atoms with van der Waals surface area (Å²) in [6.45, 7) is 2.76. The second-order valence-corrected chi connectivity index (χ2v) is 6.68. The van der Waals surface area contributed by atoms with Crippen molar-refractivity contribution in [3.8, 4) is 5.75 Å². The van der Waals surface area contributed by atoms with Crippen LogP contribution in [0.5, 0.6) is 5.75 Å². The molecule has 0 aromatic heterocycles. The molecule has 2 amide bonds. The zero-order valence-corrected chi connectivity index (χ0v) is 15.2. The van der Waals surface area contributed by atoms with Crippen molar-refractivity contribution in [3.63, 3.8) is 0 Å². The molecule has 0 radical (unpaired) electrons. The molecule has 0 bridgehead atoms. The third-order valence-electron chi connectivity index (χ3n) is 4.66. The van der Waals surface area contributed by atoms with E-state index in [1.54, 1.807) is 18.2 Å². The van der Waals surface area contributed by atoms with Crippen molar-refractivity contribution >= 4 is 11.8 Å². The average molecular weight is 346 g/mol. The Balaban J connectivity index is 1.82. The van der Waals surface area contributed by atoms with E-state index in [9.17, 15) is 9.59 Å². The number of nitrogens with one attached hydrogen (secondary N) is 2. The lowest BCUT2D eigenvalue weighted by atomic mass is 9.89. The normalized spacial score (nSPS) is 14.8. The van der Waals surface area contributed by atoms with Gasteiger partial charge in [-0.1, -0.05) is 57.6 Å². The fourth-order valence-corrected chi connectivity index (χ4v) is 3.14. The molecule has 1 aliphatic carbocycles. The molecular weight excluding hydrogens is 316 g/mol.